The largest absolute Gasteiger partial charge is 0.352 e. The normalized spacial score (nSPS) is 29.7. The number of fused-ring (bicyclic) bond motifs is 3. The molecule has 2 fully saturated rings. The molecule has 122 valence electrons. The number of para-hydroxylation sites is 1. The Labute approximate surface area is 136 Å². The first kappa shape index (κ1) is 14.7. The van der Waals surface area contributed by atoms with Crippen molar-refractivity contribution in [2.24, 2.45) is 0 Å². The SMILES string of the molecule is CN1C2CCC1CC(NC(=O)CN1C(=O)Cc3ccccc31)C2. The highest BCUT2D eigenvalue weighted by Crippen LogP contribution is 2.34. The number of amides is 2. The molecule has 5 nitrogen and oxygen atoms in total. The van der Waals surface area contributed by atoms with Crippen molar-refractivity contribution in [3.63, 3.8) is 0 Å². The maximum atomic E-state index is 12.4. The van der Waals surface area contributed by atoms with E-state index in [1.54, 1.807) is 4.90 Å². The van der Waals surface area contributed by atoms with Crippen molar-refractivity contribution in [2.45, 2.75) is 50.2 Å². The lowest BCUT2D eigenvalue weighted by atomic mass is 9.98. The first-order chi connectivity index (χ1) is 11.1. The maximum absolute atomic E-state index is 12.4. The number of anilines is 1. The van der Waals surface area contributed by atoms with E-state index in [9.17, 15) is 9.59 Å². The third-order valence-electron chi connectivity index (χ3n) is 5.69. The van der Waals surface area contributed by atoms with Crippen LogP contribution in [0.15, 0.2) is 24.3 Å². The van der Waals surface area contributed by atoms with Crippen LogP contribution in [0.4, 0.5) is 5.69 Å². The van der Waals surface area contributed by atoms with Gasteiger partial charge in [0, 0.05) is 23.8 Å². The Balaban J connectivity index is 1.39. The average Bonchev–Trinajstić information content (AvgIpc) is 2.92. The lowest BCUT2D eigenvalue weighted by molar-refractivity contribution is -0.124. The molecular weight excluding hydrogens is 290 g/mol. The highest BCUT2D eigenvalue weighted by atomic mass is 16.2. The second-order valence-corrected chi connectivity index (χ2v) is 7.07. The van der Waals surface area contributed by atoms with Gasteiger partial charge in [0.05, 0.1) is 6.42 Å². The lowest BCUT2D eigenvalue weighted by Gasteiger charge is -2.36. The zero-order valence-electron chi connectivity index (χ0n) is 13.5. The highest BCUT2D eigenvalue weighted by Gasteiger charge is 2.39. The molecule has 2 saturated heterocycles. The molecular formula is C18H23N3O2. The maximum Gasteiger partial charge on any atom is 0.240 e. The van der Waals surface area contributed by atoms with Crippen LogP contribution in [0.25, 0.3) is 0 Å². The number of benzene rings is 1. The van der Waals surface area contributed by atoms with Crippen LogP contribution >= 0.6 is 0 Å². The predicted molar refractivity (Wildman–Crippen MR) is 88.2 cm³/mol. The van der Waals surface area contributed by atoms with Crippen molar-refractivity contribution in [2.75, 3.05) is 18.5 Å². The van der Waals surface area contributed by atoms with Gasteiger partial charge in [0.2, 0.25) is 11.8 Å². The van der Waals surface area contributed by atoms with Gasteiger partial charge >= 0.3 is 0 Å². The molecule has 2 amide bonds. The van der Waals surface area contributed by atoms with Crippen LogP contribution in [-0.4, -0.2) is 48.4 Å². The van der Waals surface area contributed by atoms with Crippen LogP contribution in [-0.2, 0) is 16.0 Å². The van der Waals surface area contributed by atoms with E-state index < -0.39 is 0 Å². The zero-order chi connectivity index (χ0) is 16.0. The summed E-state index contributed by atoms with van der Waals surface area (Å²) in [5.41, 5.74) is 1.90. The van der Waals surface area contributed by atoms with Gasteiger partial charge in [-0.15, -0.1) is 0 Å². The van der Waals surface area contributed by atoms with Gasteiger partial charge < -0.3 is 15.1 Å². The average molecular weight is 313 g/mol. The quantitative estimate of drug-likeness (QED) is 0.915. The van der Waals surface area contributed by atoms with E-state index in [0.29, 0.717) is 18.5 Å². The molecule has 5 heteroatoms. The van der Waals surface area contributed by atoms with Crippen molar-refractivity contribution in [3.8, 4) is 0 Å². The summed E-state index contributed by atoms with van der Waals surface area (Å²) in [6, 6.07) is 9.19. The minimum atomic E-state index is -0.0380. The van der Waals surface area contributed by atoms with Crippen LogP contribution in [0.2, 0.25) is 0 Å². The van der Waals surface area contributed by atoms with Gasteiger partial charge in [0.15, 0.2) is 0 Å². The smallest absolute Gasteiger partial charge is 0.240 e. The molecule has 0 aromatic heterocycles. The van der Waals surface area contributed by atoms with E-state index in [1.165, 1.54) is 12.8 Å². The molecule has 0 saturated carbocycles. The van der Waals surface area contributed by atoms with Crippen LogP contribution in [0, 0.1) is 0 Å². The minimum Gasteiger partial charge on any atom is -0.352 e. The molecule has 1 aromatic rings. The van der Waals surface area contributed by atoms with E-state index in [1.807, 2.05) is 24.3 Å². The summed E-state index contributed by atoms with van der Waals surface area (Å²) >= 11 is 0. The third-order valence-corrected chi connectivity index (χ3v) is 5.69. The van der Waals surface area contributed by atoms with Gasteiger partial charge in [-0.2, -0.15) is 0 Å². The number of nitrogens with one attached hydrogen (secondary N) is 1. The second kappa shape index (κ2) is 5.64. The Bertz CT molecular complexity index is 631. The molecule has 0 aliphatic carbocycles. The highest BCUT2D eigenvalue weighted by molar-refractivity contribution is 6.04. The number of hydrogen-bond donors (Lipinski definition) is 1. The zero-order valence-corrected chi connectivity index (χ0v) is 13.5. The van der Waals surface area contributed by atoms with Crippen LogP contribution in [0.5, 0.6) is 0 Å². The Morgan fingerprint density at radius 1 is 1.22 bits per heavy atom. The molecule has 2 bridgehead atoms. The number of hydrogen-bond acceptors (Lipinski definition) is 3. The molecule has 3 heterocycles. The number of carbonyl (C=O) groups excluding carboxylic acids is 2. The van der Waals surface area contributed by atoms with Gasteiger partial charge in [0.1, 0.15) is 6.54 Å². The van der Waals surface area contributed by atoms with Gasteiger partial charge in [0.25, 0.3) is 0 Å². The number of nitrogens with zero attached hydrogens (tertiary/aromatic N) is 2. The Morgan fingerprint density at radius 3 is 2.65 bits per heavy atom. The Hall–Kier alpha value is -1.88. The molecule has 3 aliphatic rings. The molecule has 4 rings (SSSR count). The summed E-state index contributed by atoms with van der Waals surface area (Å²) in [5.74, 6) is -0.0196. The van der Waals surface area contributed by atoms with E-state index in [4.69, 9.17) is 0 Å². The molecule has 2 atom stereocenters. The molecule has 0 radical (unpaired) electrons. The van der Waals surface area contributed by atoms with Crippen LogP contribution in [0.1, 0.15) is 31.2 Å². The van der Waals surface area contributed by atoms with E-state index in [-0.39, 0.29) is 24.4 Å². The Kier molecular flexibility index (Phi) is 3.60. The van der Waals surface area contributed by atoms with Crippen molar-refractivity contribution in [1.82, 2.24) is 10.2 Å². The number of rotatable bonds is 3. The van der Waals surface area contributed by atoms with Gasteiger partial charge in [-0.25, -0.2) is 0 Å². The topological polar surface area (TPSA) is 52.7 Å². The van der Waals surface area contributed by atoms with Crippen molar-refractivity contribution >= 4 is 17.5 Å². The molecule has 2 unspecified atom stereocenters. The van der Waals surface area contributed by atoms with Gasteiger partial charge in [-0.3, -0.25) is 9.59 Å². The minimum absolute atomic E-state index is 0.0183. The number of piperidine rings is 1. The molecule has 1 N–H and O–H groups in total. The van der Waals surface area contributed by atoms with E-state index in [0.717, 1.165) is 24.1 Å². The van der Waals surface area contributed by atoms with Crippen molar-refractivity contribution in [1.29, 1.82) is 0 Å². The fourth-order valence-electron chi connectivity index (χ4n) is 4.44. The summed E-state index contributed by atoms with van der Waals surface area (Å²) in [6.45, 7) is 0.136. The van der Waals surface area contributed by atoms with E-state index >= 15 is 0 Å². The molecule has 23 heavy (non-hydrogen) atoms. The molecule has 0 spiro atoms. The van der Waals surface area contributed by atoms with Crippen molar-refractivity contribution in [3.05, 3.63) is 29.8 Å². The number of carbonyl (C=O) groups is 2. The van der Waals surface area contributed by atoms with Gasteiger partial charge in [-0.1, -0.05) is 18.2 Å². The summed E-state index contributed by atoms with van der Waals surface area (Å²) in [6.07, 6.45) is 4.95. The summed E-state index contributed by atoms with van der Waals surface area (Å²) in [5, 5.41) is 3.16. The summed E-state index contributed by atoms with van der Waals surface area (Å²) in [4.78, 5) is 28.7. The van der Waals surface area contributed by atoms with Crippen molar-refractivity contribution < 1.29 is 9.59 Å². The first-order valence-corrected chi connectivity index (χ1v) is 8.51. The first-order valence-electron chi connectivity index (χ1n) is 8.51. The van der Waals surface area contributed by atoms with Gasteiger partial charge in [-0.05, 0) is 44.4 Å². The Morgan fingerprint density at radius 2 is 1.91 bits per heavy atom. The fourth-order valence-corrected chi connectivity index (χ4v) is 4.44. The molecule has 3 aliphatic heterocycles. The summed E-state index contributed by atoms with van der Waals surface area (Å²) in [7, 11) is 2.19. The molecule has 1 aromatic carbocycles. The third kappa shape index (κ3) is 2.63. The summed E-state index contributed by atoms with van der Waals surface area (Å²) < 4.78 is 0. The van der Waals surface area contributed by atoms with Crippen LogP contribution in [0.3, 0.4) is 0 Å². The lowest BCUT2D eigenvalue weighted by Crippen LogP contribution is -2.50. The predicted octanol–water partition coefficient (Wildman–Crippen LogP) is 1.32. The second-order valence-electron chi connectivity index (χ2n) is 7.07. The van der Waals surface area contributed by atoms with E-state index in [2.05, 4.69) is 17.3 Å². The monoisotopic (exact) mass is 313 g/mol. The standard InChI is InChI=1S/C18H23N3O2/c1-20-14-6-7-15(20)10-13(9-14)19-17(22)11-21-16-5-3-2-4-12(16)8-18(21)23/h2-5,13-15H,6-11H2,1H3,(H,19,22). The fraction of sp³-hybridized carbons (Fsp3) is 0.556. The van der Waals surface area contributed by atoms with Crippen LogP contribution < -0.4 is 10.2 Å².